The second kappa shape index (κ2) is 3.17. The Labute approximate surface area is 93.7 Å². The third-order valence-electron chi connectivity index (χ3n) is 3.00. The van der Waals surface area contributed by atoms with E-state index in [0.29, 0.717) is 5.15 Å². The second-order valence-corrected chi connectivity index (χ2v) is 4.37. The molecule has 1 heterocycles. The van der Waals surface area contributed by atoms with Gasteiger partial charge in [0.05, 0.1) is 17.1 Å². The summed E-state index contributed by atoms with van der Waals surface area (Å²) in [6.45, 7) is 1.91. The fourth-order valence-corrected chi connectivity index (χ4v) is 2.37. The minimum atomic E-state index is 0.539. The Balaban J connectivity index is 2.18. The number of aryl methyl sites for hydroxylation is 1. The summed E-state index contributed by atoms with van der Waals surface area (Å²) in [5, 5.41) is 0.539. The predicted molar refractivity (Wildman–Crippen MR) is 60.8 cm³/mol. The van der Waals surface area contributed by atoms with Gasteiger partial charge in [0.1, 0.15) is 0 Å². The third kappa shape index (κ3) is 1.32. The summed E-state index contributed by atoms with van der Waals surface area (Å²) < 4.78 is 0. The molecule has 0 radical (unpaired) electrons. The van der Waals surface area contributed by atoms with Gasteiger partial charge in [0.2, 0.25) is 0 Å². The molecule has 2 nitrogen and oxygen atoms in total. The van der Waals surface area contributed by atoms with Crippen LogP contribution in [0.4, 0.5) is 0 Å². The molecule has 0 aliphatic heterocycles. The number of hydrogen-bond donors (Lipinski definition) is 0. The van der Waals surface area contributed by atoms with Crippen LogP contribution in [0.5, 0.6) is 0 Å². The van der Waals surface area contributed by atoms with Crippen molar-refractivity contribution in [3.8, 4) is 0 Å². The maximum absolute atomic E-state index is 5.98. The first-order valence-corrected chi connectivity index (χ1v) is 5.55. The zero-order valence-electron chi connectivity index (χ0n) is 8.55. The lowest BCUT2D eigenvalue weighted by Crippen LogP contribution is -1.98. The van der Waals surface area contributed by atoms with Crippen molar-refractivity contribution >= 4 is 17.2 Å². The van der Waals surface area contributed by atoms with Crippen molar-refractivity contribution in [3.05, 3.63) is 40.0 Å². The van der Waals surface area contributed by atoms with Crippen LogP contribution in [0.25, 0.3) is 5.57 Å². The molecule has 0 aromatic carbocycles. The summed E-state index contributed by atoms with van der Waals surface area (Å²) in [6, 6.07) is 0. The Bertz CT molecular complexity index is 501. The second-order valence-electron chi connectivity index (χ2n) is 4.02. The van der Waals surface area contributed by atoms with Gasteiger partial charge in [-0.2, -0.15) is 0 Å². The van der Waals surface area contributed by atoms with E-state index in [0.717, 1.165) is 36.3 Å². The van der Waals surface area contributed by atoms with E-state index in [1.807, 2.05) is 6.92 Å². The van der Waals surface area contributed by atoms with Gasteiger partial charge < -0.3 is 0 Å². The molecule has 0 atom stereocenters. The summed E-state index contributed by atoms with van der Waals surface area (Å²) in [4.78, 5) is 8.96. The minimum Gasteiger partial charge on any atom is -0.248 e. The average molecular weight is 219 g/mol. The van der Waals surface area contributed by atoms with E-state index in [4.69, 9.17) is 11.6 Å². The van der Waals surface area contributed by atoms with E-state index in [-0.39, 0.29) is 0 Å². The largest absolute Gasteiger partial charge is 0.248 e. The Morgan fingerprint density at radius 2 is 2.20 bits per heavy atom. The van der Waals surface area contributed by atoms with Gasteiger partial charge in [0.15, 0.2) is 5.15 Å². The topological polar surface area (TPSA) is 25.8 Å². The monoisotopic (exact) mass is 218 g/mol. The maximum Gasteiger partial charge on any atom is 0.150 e. The molecule has 0 amide bonds. The average Bonchev–Trinajstić information content (AvgIpc) is 2.57. The lowest BCUT2D eigenvalue weighted by atomic mass is 9.99. The van der Waals surface area contributed by atoms with Crippen molar-refractivity contribution < 1.29 is 0 Å². The fourth-order valence-electron chi connectivity index (χ4n) is 2.23. The summed E-state index contributed by atoms with van der Waals surface area (Å²) in [5.74, 6) is 0. The van der Waals surface area contributed by atoms with Gasteiger partial charge in [-0.3, -0.25) is 0 Å². The molecule has 0 saturated carbocycles. The van der Waals surface area contributed by atoms with Crippen LogP contribution in [0, 0.1) is 6.92 Å². The van der Waals surface area contributed by atoms with Crippen LogP contribution in [-0.4, -0.2) is 9.97 Å². The van der Waals surface area contributed by atoms with E-state index in [1.165, 1.54) is 11.1 Å². The molecule has 0 spiro atoms. The molecule has 0 N–H and O–H groups in total. The van der Waals surface area contributed by atoms with Crippen LogP contribution in [0.1, 0.15) is 29.9 Å². The molecule has 1 aromatic rings. The maximum atomic E-state index is 5.98. The van der Waals surface area contributed by atoms with Gasteiger partial charge in [0, 0.05) is 6.42 Å². The van der Waals surface area contributed by atoms with E-state index < -0.39 is 0 Å². The van der Waals surface area contributed by atoms with E-state index in [9.17, 15) is 0 Å². The normalized spacial score (nSPS) is 18.0. The molecule has 0 unspecified atom stereocenters. The summed E-state index contributed by atoms with van der Waals surface area (Å²) in [7, 11) is 0. The minimum absolute atomic E-state index is 0.539. The fraction of sp³-hybridized carbons (Fsp3) is 0.333. The Kier molecular flexibility index (Phi) is 1.93. The van der Waals surface area contributed by atoms with Crippen LogP contribution in [0.2, 0.25) is 5.15 Å². The molecule has 15 heavy (non-hydrogen) atoms. The third-order valence-corrected chi connectivity index (χ3v) is 3.35. The van der Waals surface area contributed by atoms with Crippen molar-refractivity contribution in [2.75, 3.05) is 0 Å². The number of rotatable bonds is 0. The Morgan fingerprint density at radius 3 is 3.07 bits per heavy atom. The van der Waals surface area contributed by atoms with Gasteiger partial charge in [-0.25, -0.2) is 9.97 Å². The molecule has 3 heteroatoms. The lowest BCUT2D eigenvalue weighted by Gasteiger charge is -2.08. The zero-order valence-corrected chi connectivity index (χ0v) is 9.30. The van der Waals surface area contributed by atoms with E-state index in [2.05, 4.69) is 22.1 Å². The van der Waals surface area contributed by atoms with Crippen LogP contribution < -0.4 is 0 Å². The summed E-state index contributed by atoms with van der Waals surface area (Å²) >= 11 is 5.98. The number of hydrogen-bond acceptors (Lipinski definition) is 2. The summed E-state index contributed by atoms with van der Waals surface area (Å²) in [6.07, 6.45) is 7.52. The molecule has 0 bridgehead atoms. The lowest BCUT2D eigenvalue weighted by molar-refractivity contribution is 1.01. The van der Waals surface area contributed by atoms with Crippen molar-refractivity contribution in [2.45, 2.75) is 26.2 Å². The van der Waals surface area contributed by atoms with Crippen LogP contribution in [-0.2, 0) is 6.42 Å². The molecule has 2 aliphatic carbocycles. The molecule has 76 valence electrons. The van der Waals surface area contributed by atoms with Gasteiger partial charge in [-0.05, 0) is 30.9 Å². The summed E-state index contributed by atoms with van der Waals surface area (Å²) in [5.41, 5.74) is 5.70. The molecular weight excluding hydrogens is 208 g/mol. The highest BCUT2D eigenvalue weighted by molar-refractivity contribution is 6.30. The van der Waals surface area contributed by atoms with Crippen molar-refractivity contribution in [2.24, 2.45) is 0 Å². The van der Waals surface area contributed by atoms with Gasteiger partial charge >= 0.3 is 0 Å². The highest BCUT2D eigenvalue weighted by Crippen LogP contribution is 2.37. The highest BCUT2D eigenvalue weighted by atomic mass is 35.5. The van der Waals surface area contributed by atoms with Crippen molar-refractivity contribution in [1.82, 2.24) is 9.97 Å². The molecular formula is C12H11ClN2. The number of nitrogens with zero attached hydrogens (tertiary/aromatic N) is 2. The zero-order chi connectivity index (χ0) is 10.4. The van der Waals surface area contributed by atoms with Crippen molar-refractivity contribution in [3.63, 3.8) is 0 Å². The first-order valence-electron chi connectivity index (χ1n) is 5.17. The SMILES string of the molecule is Cc1nc2c(nc1Cl)CC1=C2CCC=C1. The highest BCUT2D eigenvalue weighted by Gasteiger charge is 2.24. The number of fused-ring (bicyclic) bond motifs is 2. The van der Waals surface area contributed by atoms with Gasteiger partial charge in [0.25, 0.3) is 0 Å². The Hall–Kier alpha value is -1.15. The van der Waals surface area contributed by atoms with Gasteiger partial charge in [-0.1, -0.05) is 23.8 Å². The van der Waals surface area contributed by atoms with E-state index >= 15 is 0 Å². The predicted octanol–water partition coefficient (Wildman–Crippen LogP) is 3.10. The molecule has 1 aromatic heterocycles. The van der Waals surface area contributed by atoms with Crippen LogP contribution in [0.3, 0.4) is 0 Å². The first kappa shape index (κ1) is 9.10. The quantitative estimate of drug-likeness (QED) is 0.669. The number of aromatic nitrogens is 2. The molecule has 2 aliphatic rings. The van der Waals surface area contributed by atoms with Gasteiger partial charge in [-0.15, -0.1) is 0 Å². The molecule has 3 rings (SSSR count). The first-order chi connectivity index (χ1) is 7.25. The van der Waals surface area contributed by atoms with Crippen LogP contribution in [0.15, 0.2) is 17.7 Å². The number of halogens is 1. The number of allylic oxidation sites excluding steroid dienone is 4. The Morgan fingerprint density at radius 1 is 1.33 bits per heavy atom. The van der Waals surface area contributed by atoms with Crippen LogP contribution >= 0.6 is 11.6 Å². The van der Waals surface area contributed by atoms with E-state index in [1.54, 1.807) is 0 Å². The van der Waals surface area contributed by atoms with Crippen molar-refractivity contribution in [1.29, 1.82) is 0 Å². The standard InChI is InChI=1S/C12H11ClN2/c1-7-12(13)15-10-6-8-4-2-3-5-9(8)11(10)14-7/h2,4H,3,5-6H2,1H3. The molecule has 0 fully saturated rings. The smallest absolute Gasteiger partial charge is 0.150 e. The molecule has 0 saturated heterocycles.